The van der Waals surface area contributed by atoms with E-state index < -0.39 is 0 Å². The van der Waals surface area contributed by atoms with Gasteiger partial charge in [-0.25, -0.2) is 0 Å². The molecule has 2 saturated heterocycles. The fourth-order valence-corrected chi connectivity index (χ4v) is 2.31. The first-order chi connectivity index (χ1) is 5.75. The van der Waals surface area contributed by atoms with Crippen LogP contribution in [-0.2, 0) is 14.3 Å². The number of imide groups is 1. The molecule has 0 bridgehead atoms. The van der Waals surface area contributed by atoms with Gasteiger partial charge in [0, 0.05) is 0 Å². The predicted molar refractivity (Wildman–Crippen MR) is 38.0 cm³/mol. The third kappa shape index (κ3) is 0.705. The van der Waals surface area contributed by atoms with Gasteiger partial charge in [-0.15, -0.1) is 0 Å². The highest BCUT2D eigenvalue weighted by molar-refractivity contribution is 6.05. The number of fused-ring (bicyclic) bond motifs is 2. The topological polar surface area (TPSA) is 58.7 Å². The van der Waals surface area contributed by atoms with Gasteiger partial charge in [0.05, 0.1) is 24.0 Å². The van der Waals surface area contributed by atoms with Crippen molar-refractivity contribution in [3.05, 3.63) is 0 Å². The van der Waals surface area contributed by atoms with E-state index in [0.717, 1.165) is 12.8 Å². The molecule has 3 fully saturated rings. The van der Waals surface area contributed by atoms with E-state index in [1.54, 1.807) is 0 Å². The lowest BCUT2D eigenvalue weighted by Gasteiger charge is -2.16. The quantitative estimate of drug-likeness (QED) is 0.388. The second-order valence-electron chi connectivity index (χ2n) is 3.75. The van der Waals surface area contributed by atoms with Gasteiger partial charge < -0.3 is 4.74 Å². The summed E-state index contributed by atoms with van der Waals surface area (Å²) in [6.07, 6.45) is 2.02. The number of epoxide rings is 1. The standard InChI is InChI=1S/C8H9NO3/c10-7-3-1-5-6(12-5)2-4(3)8(11)9-7/h3-6H,1-2H2,(H,9,10,11)/t3-,4+,5-,6+. The van der Waals surface area contributed by atoms with Crippen LogP contribution in [0.3, 0.4) is 0 Å². The molecule has 3 rings (SSSR count). The van der Waals surface area contributed by atoms with Crippen LogP contribution in [0.5, 0.6) is 0 Å². The molecule has 1 saturated carbocycles. The number of hydrogen-bond acceptors (Lipinski definition) is 3. The van der Waals surface area contributed by atoms with Crippen molar-refractivity contribution in [2.75, 3.05) is 0 Å². The summed E-state index contributed by atoms with van der Waals surface area (Å²) in [5.41, 5.74) is 0. The molecule has 1 N–H and O–H groups in total. The Morgan fingerprint density at radius 3 is 2.08 bits per heavy atom. The van der Waals surface area contributed by atoms with Crippen LogP contribution in [0.25, 0.3) is 0 Å². The normalized spacial score (nSPS) is 49.7. The molecule has 4 heteroatoms. The SMILES string of the molecule is O=C1NC(=O)[C@@H]2C[C@H]3O[C@H]3C[C@H]12. The van der Waals surface area contributed by atoms with Crippen LogP contribution >= 0.6 is 0 Å². The summed E-state index contributed by atoms with van der Waals surface area (Å²) in [7, 11) is 0. The number of carbonyl (C=O) groups is 2. The Morgan fingerprint density at radius 1 is 1.08 bits per heavy atom. The zero-order valence-electron chi connectivity index (χ0n) is 6.45. The van der Waals surface area contributed by atoms with E-state index in [4.69, 9.17) is 4.74 Å². The third-order valence-electron chi connectivity index (χ3n) is 3.07. The van der Waals surface area contributed by atoms with Crippen molar-refractivity contribution in [2.24, 2.45) is 11.8 Å². The second-order valence-corrected chi connectivity index (χ2v) is 3.75. The van der Waals surface area contributed by atoms with Crippen molar-refractivity contribution in [3.63, 3.8) is 0 Å². The second kappa shape index (κ2) is 1.88. The van der Waals surface area contributed by atoms with Crippen LogP contribution < -0.4 is 5.32 Å². The van der Waals surface area contributed by atoms with E-state index >= 15 is 0 Å². The first kappa shape index (κ1) is 6.60. The molecule has 3 aliphatic rings. The fourth-order valence-electron chi connectivity index (χ4n) is 2.31. The summed E-state index contributed by atoms with van der Waals surface area (Å²) in [6.45, 7) is 0. The summed E-state index contributed by atoms with van der Waals surface area (Å²) >= 11 is 0. The molecule has 64 valence electrons. The molecule has 1 aliphatic carbocycles. The molecular weight excluding hydrogens is 158 g/mol. The molecule has 2 amide bonds. The van der Waals surface area contributed by atoms with E-state index in [9.17, 15) is 9.59 Å². The number of carbonyl (C=O) groups excluding carboxylic acids is 2. The van der Waals surface area contributed by atoms with Gasteiger partial charge in [0.25, 0.3) is 0 Å². The van der Waals surface area contributed by atoms with Gasteiger partial charge in [0.1, 0.15) is 0 Å². The molecular formula is C8H9NO3. The predicted octanol–water partition coefficient (Wildman–Crippen LogP) is -0.564. The highest BCUT2D eigenvalue weighted by Gasteiger charge is 2.55. The molecule has 0 aromatic heterocycles. The highest BCUT2D eigenvalue weighted by Crippen LogP contribution is 2.44. The molecule has 4 atom stereocenters. The molecule has 4 nitrogen and oxygen atoms in total. The largest absolute Gasteiger partial charge is 0.370 e. The summed E-state index contributed by atoms with van der Waals surface area (Å²) < 4.78 is 5.28. The van der Waals surface area contributed by atoms with Crippen molar-refractivity contribution in [1.82, 2.24) is 5.32 Å². The molecule has 12 heavy (non-hydrogen) atoms. The number of ether oxygens (including phenoxy) is 1. The fraction of sp³-hybridized carbons (Fsp3) is 0.750. The maximum Gasteiger partial charge on any atom is 0.230 e. The number of amides is 2. The first-order valence-electron chi connectivity index (χ1n) is 4.26. The maximum atomic E-state index is 11.2. The van der Waals surface area contributed by atoms with Gasteiger partial charge in [0.15, 0.2) is 0 Å². The van der Waals surface area contributed by atoms with Crippen LogP contribution in [-0.4, -0.2) is 24.0 Å². The van der Waals surface area contributed by atoms with Crippen LogP contribution in [0.15, 0.2) is 0 Å². The number of rotatable bonds is 0. The van der Waals surface area contributed by atoms with E-state index in [0.29, 0.717) is 0 Å². The minimum Gasteiger partial charge on any atom is -0.370 e. The van der Waals surface area contributed by atoms with Crippen molar-refractivity contribution < 1.29 is 14.3 Å². The molecule has 0 aromatic carbocycles. The Bertz CT molecular complexity index is 249. The number of nitrogens with one attached hydrogen (secondary N) is 1. The van der Waals surface area contributed by atoms with E-state index in [1.807, 2.05) is 0 Å². The number of hydrogen-bond donors (Lipinski definition) is 1. The summed E-state index contributed by atoms with van der Waals surface area (Å²) in [6, 6.07) is 0. The zero-order valence-corrected chi connectivity index (χ0v) is 6.45. The molecule has 0 unspecified atom stereocenters. The molecule has 0 spiro atoms. The monoisotopic (exact) mass is 167 g/mol. The Morgan fingerprint density at radius 2 is 1.58 bits per heavy atom. The Hall–Kier alpha value is -0.900. The zero-order chi connectivity index (χ0) is 8.29. The van der Waals surface area contributed by atoms with Gasteiger partial charge in [-0.3, -0.25) is 14.9 Å². The summed E-state index contributed by atoms with van der Waals surface area (Å²) in [4.78, 5) is 22.4. The Balaban J connectivity index is 1.90. The van der Waals surface area contributed by atoms with E-state index in [1.165, 1.54) is 0 Å². The van der Waals surface area contributed by atoms with Gasteiger partial charge in [-0.2, -0.15) is 0 Å². The minimum atomic E-state index is -0.0982. The summed E-state index contributed by atoms with van der Waals surface area (Å²) in [5, 5.41) is 2.37. The maximum absolute atomic E-state index is 11.2. The third-order valence-corrected chi connectivity index (χ3v) is 3.07. The molecule has 2 heterocycles. The molecule has 0 aromatic rings. The van der Waals surface area contributed by atoms with E-state index in [2.05, 4.69) is 5.32 Å². The lowest BCUT2D eigenvalue weighted by molar-refractivity contribution is -0.126. The minimum absolute atomic E-state index is 0.0961. The lowest BCUT2D eigenvalue weighted by atomic mass is 9.81. The Labute approximate surface area is 69.3 Å². The smallest absolute Gasteiger partial charge is 0.230 e. The van der Waals surface area contributed by atoms with Crippen LogP contribution in [0.4, 0.5) is 0 Å². The van der Waals surface area contributed by atoms with Gasteiger partial charge in [-0.05, 0) is 12.8 Å². The average molecular weight is 167 g/mol. The van der Waals surface area contributed by atoms with Gasteiger partial charge in [-0.1, -0.05) is 0 Å². The average Bonchev–Trinajstić information content (AvgIpc) is 2.73. The van der Waals surface area contributed by atoms with E-state index in [-0.39, 0.29) is 35.9 Å². The van der Waals surface area contributed by atoms with Crippen molar-refractivity contribution in [1.29, 1.82) is 0 Å². The summed E-state index contributed by atoms with van der Waals surface area (Å²) in [5.74, 6) is -0.389. The van der Waals surface area contributed by atoms with Gasteiger partial charge in [0.2, 0.25) is 11.8 Å². The molecule has 2 aliphatic heterocycles. The van der Waals surface area contributed by atoms with Crippen LogP contribution in [0, 0.1) is 11.8 Å². The molecule has 0 radical (unpaired) electrons. The van der Waals surface area contributed by atoms with Crippen molar-refractivity contribution in [3.8, 4) is 0 Å². The Kier molecular flexibility index (Phi) is 1.03. The van der Waals surface area contributed by atoms with Crippen molar-refractivity contribution >= 4 is 11.8 Å². The van der Waals surface area contributed by atoms with Crippen LogP contribution in [0.1, 0.15) is 12.8 Å². The first-order valence-corrected chi connectivity index (χ1v) is 4.26. The van der Waals surface area contributed by atoms with Gasteiger partial charge >= 0.3 is 0 Å². The van der Waals surface area contributed by atoms with Crippen molar-refractivity contribution in [2.45, 2.75) is 25.0 Å². The lowest BCUT2D eigenvalue weighted by Crippen LogP contribution is -2.26. The highest BCUT2D eigenvalue weighted by atomic mass is 16.6. The van der Waals surface area contributed by atoms with Crippen LogP contribution in [0.2, 0.25) is 0 Å².